The molecule has 3 aromatic rings. The molecule has 0 bridgehead atoms. The molecule has 0 aliphatic heterocycles. The maximum absolute atomic E-state index is 12.7. The highest BCUT2D eigenvalue weighted by Crippen LogP contribution is 2.24. The van der Waals surface area contributed by atoms with E-state index < -0.39 is 15.5 Å². The Kier molecular flexibility index (Phi) is 9.10. The quantitative estimate of drug-likeness (QED) is 0.198. The largest absolute Gasteiger partial charge is 0.493 e. The second kappa shape index (κ2) is 12.1. The summed E-state index contributed by atoms with van der Waals surface area (Å²) in [7, 11) is -3.96. The van der Waals surface area contributed by atoms with Gasteiger partial charge in [0, 0.05) is 11.0 Å². The summed E-state index contributed by atoms with van der Waals surface area (Å²) in [5, 5.41) is 2.71. The van der Waals surface area contributed by atoms with Gasteiger partial charge in [0.1, 0.15) is 16.4 Å². The summed E-state index contributed by atoms with van der Waals surface area (Å²) in [5.41, 5.74) is 1.86. The highest BCUT2D eigenvalue weighted by atomic mass is 32.2. The van der Waals surface area contributed by atoms with Gasteiger partial charge in [-0.3, -0.25) is 9.59 Å². The molecule has 0 saturated carbocycles. The van der Waals surface area contributed by atoms with Crippen molar-refractivity contribution >= 4 is 21.8 Å². The number of Topliss-reactive ketones (excluding diaryl/α,β-unsaturated/α-hetero) is 1. The molecule has 1 amide bonds. The van der Waals surface area contributed by atoms with E-state index >= 15 is 0 Å². The molecule has 0 aliphatic carbocycles. The topological polar surface area (TPSA) is 98.8 Å². The lowest BCUT2D eigenvalue weighted by molar-refractivity contribution is -0.129. The number of ether oxygens (including phenoxy) is 1. The Morgan fingerprint density at radius 3 is 2.27 bits per heavy atom. The van der Waals surface area contributed by atoms with Gasteiger partial charge in [-0.25, -0.2) is 0 Å². The van der Waals surface area contributed by atoms with Crippen molar-refractivity contribution in [3.8, 4) is 11.5 Å². The zero-order chi connectivity index (χ0) is 27.1. The lowest BCUT2D eigenvalue weighted by atomic mass is 9.87. The molecule has 196 valence electrons. The minimum absolute atomic E-state index is 0.0392. The third-order valence-corrected chi connectivity index (χ3v) is 7.25. The first-order valence-electron chi connectivity index (χ1n) is 12.1. The van der Waals surface area contributed by atoms with Crippen molar-refractivity contribution in [2.24, 2.45) is 5.41 Å². The zero-order valence-electron chi connectivity index (χ0n) is 21.6. The molecule has 0 aromatic heterocycles. The van der Waals surface area contributed by atoms with Crippen molar-refractivity contribution in [1.29, 1.82) is 0 Å². The van der Waals surface area contributed by atoms with Gasteiger partial charge in [-0.1, -0.05) is 44.2 Å². The standard InChI is InChI=1S/C29H33NO6S/c1-21-11-12-22(2)27(19-21)35-18-8-17-29(3,4)28(32)30-20-26(31)23-13-15-24(16-14-23)36-37(33,34)25-9-6-5-7-10-25/h5-7,9-16,19H,8,17-18,20H2,1-4H3,(H,30,32). The average Bonchev–Trinajstić information content (AvgIpc) is 2.87. The Morgan fingerprint density at radius 1 is 0.919 bits per heavy atom. The minimum Gasteiger partial charge on any atom is -0.493 e. The van der Waals surface area contributed by atoms with Gasteiger partial charge in [0.05, 0.1) is 13.2 Å². The molecule has 0 aliphatic rings. The molecule has 8 heteroatoms. The van der Waals surface area contributed by atoms with Crippen molar-refractivity contribution in [1.82, 2.24) is 5.32 Å². The third kappa shape index (κ3) is 7.92. The fraction of sp³-hybridized carbons (Fsp3) is 0.310. The Morgan fingerprint density at radius 2 is 1.59 bits per heavy atom. The van der Waals surface area contributed by atoms with E-state index in [1.54, 1.807) is 18.2 Å². The van der Waals surface area contributed by atoms with Gasteiger partial charge >= 0.3 is 10.1 Å². The van der Waals surface area contributed by atoms with Crippen LogP contribution < -0.4 is 14.2 Å². The molecular formula is C29H33NO6S. The van der Waals surface area contributed by atoms with E-state index in [1.807, 2.05) is 45.9 Å². The van der Waals surface area contributed by atoms with Crippen LogP contribution in [-0.2, 0) is 14.9 Å². The van der Waals surface area contributed by atoms with Gasteiger partial charge in [0.25, 0.3) is 0 Å². The van der Waals surface area contributed by atoms with E-state index in [-0.39, 0.29) is 28.9 Å². The third-order valence-electron chi connectivity index (χ3n) is 5.99. The molecule has 0 unspecified atom stereocenters. The van der Waals surface area contributed by atoms with Gasteiger partial charge in [-0.05, 0) is 80.3 Å². The fourth-order valence-electron chi connectivity index (χ4n) is 3.63. The van der Waals surface area contributed by atoms with Crippen LogP contribution in [0.1, 0.15) is 48.2 Å². The van der Waals surface area contributed by atoms with E-state index in [0.29, 0.717) is 25.0 Å². The van der Waals surface area contributed by atoms with Gasteiger partial charge in [-0.2, -0.15) is 8.42 Å². The molecule has 1 N–H and O–H groups in total. The number of ketones is 1. The van der Waals surface area contributed by atoms with Gasteiger partial charge in [-0.15, -0.1) is 0 Å². The van der Waals surface area contributed by atoms with Crippen LogP contribution in [0.15, 0.2) is 77.7 Å². The van der Waals surface area contributed by atoms with E-state index in [0.717, 1.165) is 16.9 Å². The Balaban J connectivity index is 1.46. The molecule has 0 spiro atoms. The van der Waals surface area contributed by atoms with Crippen LogP contribution in [0.2, 0.25) is 0 Å². The van der Waals surface area contributed by atoms with E-state index in [2.05, 4.69) is 5.32 Å². The van der Waals surface area contributed by atoms with E-state index in [9.17, 15) is 18.0 Å². The molecule has 3 aromatic carbocycles. The van der Waals surface area contributed by atoms with Crippen molar-refractivity contribution in [3.63, 3.8) is 0 Å². The van der Waals surface area contributed by atoms with Crippen LogP contribution in [0.25, 0.3) is 0 Å². The second-order valence-electron chi connectivity index (χ2n) is 9.59. The van der Waals surface area contributed by atoms with E-state index in [4.69, 9.17) is 8.92 Å². The van der Waals surface area contributed by atoms with Gasteiger partial charge < -0.3 is 14.2 Å². The first-order valence-corrected chi connectivity index (χ1v) is 13.5. The van der Waals surface area contributed by atoms with Crippen LogP contribution in [0.3, 0.4) is 0 Å². The van der Waals surface area contributed by atoms with Crippen molar-refractivity contribution in [3.05, 3.63) is 89.5 Å². The monoisotopic (exact) mass is 523 g/mol. The summed E-state index contributed by atoms with van der Waals surface area (Å²) in [5.74, 6) is 0.428. The number of rotatable bonds is 12. The van der Waals surface area contributed by atoms with Crippen LogP contribution in [0, 0.1) is 19.3 Å². The molecule has 37 heavy (non-hydrogen) atoms. The lowest BCUT2D eigenvalue weighted by Gasteiger charge is -2.23. The summed E-state index contributed by atoms with van der Waals surface area (Å²) in [6.07, 6.45) is 1.29. The average molecular weight is 524 g/mol. The summed E-state index contributed by atoms with van der Waals surface area (Å²) in [6.45, 7) is 8.02. The Hall–Kier alpha value is -3.65. The Labute approximate surface area is 218 Å². The number of carbonyl (C=O) groups is 2. The van der Waals surface area contributed by atoms with Gasteiger partial charge in [0.15, 0.2) is 5.78 Å². The summed E-state index contributed by atoms with van der Waals surface area (Å²) in [6, 6.07) is 19.6. The SMILES string of the molecule is Cc1ccc(C)c(OCCCC(C)(C)C(=O)NCC(=O)c2ccc(OS(=O)(=O)c3ccccc3)cc2)c1. The molecule has 0 atom stereocenters. The maximum atomic E-state index is 12.7. The van der Waals surface area contributed by atoms with Crippen molar-refractivity contribution in [2.45, 2.75) is 45.4 Å². The highest BCUT2D eigenvalue weighted by molar-refractivity contribution is 7.87. The smallest absolute Gasteiger partial charge is 0.339 e. The van der Waals surface area contributed by atoms with E-state index in [1.165, 1.54) is 36.4 Å². The predicted molar refractivity (Wildman–Crippen MR) is 142 cm³/mol. The summed E-state index contributed by atoms with van der Waals surface area (Å²) in [4.78, 5) is 25.3. The highest BCUT2D eigenvalue weighted by Gasteiger charge is 2.27. The number of carbonyl (C=O) groups excluding carboxylic acids is 2. The molecule has 0 radical (unpaired) electrons. The van der Waals surface area contributed by atoms with Crippen LogP contribution in [0.5, 0.6) is 11.5 Å². The number of aryl methyl sites for hydroxylation is 2. The molecular weight excluding hydrogens is 490 g/mol. The lowest BCUT2D eigenvalue weighted by Crippen LogP contribution is -2.39. The molecule has 0 heterocycles. The van der Waals surface area contributed by atoms with Crippen LogP contribution >= 0.6 is 0 Å². The second-order valence-corrected chi connectivity index (χ2v) is 11.1. The van der Waals surface area contributed by atoms with Crippen molar-refractivity contribution < 1.29 is 26.9 Å². The number of amides is 1. The van der Waals surface area contributed by atoms with Crippen molar-refractivity contribution in [2.75, 3.05) is 13.2 Å². The molecule has 0 fully saturated rings. The first kappa shape index (κ1) is 27.9. The van der Waals surface area contributed by atoms with Crippen LogP contribution in [-0.4, -0.2) is 33.3 Å². The Bertz CT molecular complexity index is 1330. The number of hydrogen-bond acceptors (Lipinski definition) is 6. The summed E-state index contributed by atoms with van der Waals surface area (Å²) < 4.78 is 35.7. The minimum atomic E-state index is -3.96. The summed E-state index contributed by atoms with van der Waals surface area (Å²) >= 11 is 0. The van der Waals surface area contributed by atoms with Gasteiger partial charge in [0.2, 0.25) is 5.91 Å². The zero-order valence-corrected chi connectivity index (χ0v) is 22.4. The normalized spacial score (nSPS) is 11.6. The molecule has 3 rings (SSSR count). The maximum Gasteiger partial charge on any atom is 0.339 e. The number of benzene rings is 3. The number of nitrogens with one attached hydrogen (secondary N) is 1. The van der Waals surface area contributed by atoms with Crippen LogP contribution in [0.4, 0.5) is 0 Å². The predicted octanol–water partition coefficient (Wildman–Crippen LogP) is 5.26. The molecule has 7 nitrogen and oxygen atoms in total. The fourth-order valence-corrected chi connectivity index (χ4v) is 4.58. The molecule has 0 saturated heterocycles. The first-order chi connectivity index (χ1) is 17.5. The number of hydrogen-bond donors (Lipinski definition) is 1.